The maximum Gasteiger partial charge on any atom is 0.0234 e. The van der Waals surface area contributed by atoms with Crippen LogP contribution in [0.2, 0.25) is 0 Å². The number of nitrogens with zero attached hydrogens (tertiary/aromatic N) is 1. The van der Waals surface area contributed by atoms with Crippen LogP contribution in [0, 0.1) is 6.92 Å². The zero-order chi connectivity index (χ0) is 12.1. The van der Waals surface area contributed by atoms with Gasteiger partial charge in [0.05, 0.1) is 0 Å². The molecule has 1 atom stereocenters. The summed E-state index contributed by atoms with van der Waals surface area (Å²) in [5.41, 5.74) is 2.78. The lowest BCUT2D eigenvalue weighted by Gasteiger charge is -2.16. The van der Waals surface area contributed by atoms with Crippen molar-refractivity contribution in [3.63, 3.8) is 0 Å². The summed E-state index contributed by atoms with van der Waals surface area (Å²) >= 11 is 0. The minimum absolute atomic E-state index is 0.709. The molecule has 0 aromatic heterocycles. The van der Waals surface area contributed by atoms with E-state index in [1.165, 1.54) is 37.1 Å². The van der Waals surface area contributed by atoms with E-state index in [0.717, 1.165) is 13.1 Å². The molecule has 0 bridgehead atoms. The third-order valence-corrected chi connectivity index (χ3v) is 3.48. The van der Waals surface area contributed by atoms with E-state index in [4.69, 9.17) is 0 Å². The van der Waals surface area contributed by atoms with Gasteiger partial charge in [-0.25, -0.2) is 0 Å². The predicted molar refractivity (Wildman–Crippen MR) is 73.2 cm³/mol. The fraction of sp³-hybridized carbons (Fsp3) is 0.600. The fourth-order valence-corrected chi connectivity index (χ4v) is 2.44. The quantitative estimate of drug-likeness (QED) is 0.839. The highest BCUT2D eigenvalue weighted by molar-refractivity contribution is 5.21. The molecule has 2 rings (SSSR count). The minimum atomic E-state index is 0.709. The van der Waals surface area contributed by atoms with E-state index in [0.29, 0.717) is 6.04 Å². The molecule has 17 heavy (non-hydrogen) atoms. The van der Waals surface area contributed by atoms with Crippen LogP contribution in [0.1, 0.15) is 30.9 Å². The number of aryl methyl sites for hydroxylation is 1. The summed E-state index contributed by atoms with van der Waals surface area (Å²) in [5.74, 6) is 0. The van der Waals surface area contributed by atoms with Crippen LogP contribution in [0.3, 0.4) is 0 Å². The SMILES string of the molecule is CCCNC1CCN(Cc2ccc(C)cc2)C1. The van der Waals surface area contributed by atoms with Gasteiger partial charge in [0.2, 0.25) is 0 Å². The smallest absolute Gasteiger partial charge is 0.0234 e. The van der Waals surface area contributed by atoms with Crippen LogP contribution in [0.4, 0.5) is 0 Å². The van der Waals surface area contributed by atoms with E-state index in [-0.39, 0.29) is 0 Å². The average molecular weight is 232 g/mol. The summed E-state index contributed by atoms with van der Waals surface area (Å²) in [6.45, 7) is 9.06. The van der Waals surface area contributed by atoms with Crippen LogP contribution in [0.15, 0.2) is 24.3 Å². The van der Waals surface area contributed by atoms with Gasteiger partial charge in [-0.15, -0.1) is 0 Å². The Hall–Kier alpha value is -0.860. The molecule has 1 aliphatic heterocycles. The van der Waals surface area contributed by atoms with Gasteiger partial charge in [-0.05, 0) is 31.9 Å². The third kappa shape index (κ3) is 3.83. The van der Waals surface area contributed by atoms with Crippen LogP contribution >= 0.6 is 0 Å². The van der Waals surface area contributed by atoms with Crippen LogP contribution in [0.5, 0.6) is 0 Å². The number of hydrogen-bond acceptors (Lipinski definition) is 2. The second-order valence-corrected chi connectivity index (χ2v) is 5.16. The summed E-state index contributed by atoms with van der Waals surface area (Å²) in [6.07, 6.45) is 2.53. The largest absolute Gasteiger partial charge is 0.313 e. The summed E-state index contributed by atoms with van der Waals surface area (Å²) in [5, 5.41) is 3.61. The van der Waals surface area contributed by atoms with E-state index in [1.54, 1.807) is 0 Å². The van der Waals surface area contributed by atoms with E-state index in [2.05, 4.69) is 48.3 Å². The van der Waals surface area contributed by atoms with Gasteiger partial charge in [-0.2, -0.15) is 0 Å². The van der Waals surface area contributed by atoms with Crippen molar-refractivity contribution in [2.75, 3.05) is 19.6 Å². The van der Waals surface area contributed by atoms with Crippen molar-refractivity contribution in [1.82, 2.24) is 10.2 Å². The lowest BCUT2D eigenvalue weighted by molar-refractivity contribution is 0.320. The van der Waals surface area contributed by atoms with Crippen molar-refractivity contribution >= 4 is 0 Å². The number of nitrogens with one attached hydrogen (secondary N) is 1. The van der Waals surface area contributed by atoms with Crippen LogP contribution < -0.4 is 5.32 Å². The van der Waals surface area contributed by atoms with Gasteiger partial charge in [0.1, 0.15) is 0 Å². The maximum absolute atomic E-state index is 3.61. The first kappa shape index (κ1) is 12.6. The Balaban J connectivity index is 1.79. The number of rotatable bonds is 5. The Morgan fingerprint density at radius 1 is 1.29 bits per heavy atom. The first-order chi connectivity index (χ1) is 8.28. The molecule has 1 aromatic carbocycles. The highest BCUT2D eigenvalue weighted by atomic mass is 15.2. The standard InChI is InChI=1S/C15H24N2/c1-3-9-16-15-8-10-17(12-15)11-14-6-4-13(2)5-7-14/h4-7,15-16H,3,8-12H2,1-2H3. The molecule has 0 spiro atoms. The highest BCUT2D eigenvalue weighted by Gasteiger charge is 2.21. The van der Waals surface area contributed by atoms with E-state index < -0.39 is 0 Å². The first-order valence-corrected chi connectivity index (χ1v) is 6.79. The number of hydrogen-bond donors (Lipinski definition) is 1. The molecule has 1 unspecified atom stereocenters. The van der Waals surface area contributed by atoms with Gasteiger partial charge in [-0.3, -0.25) is 4.90 Å². The van der Waals surface area contributed by atoms with E-state index in [9.17, 15) is 0 Å². The molecule has 1 heterocycles. The van der Waals surface area contributed by atoms with Crippen molar-refractivity contribution in [2.24, 2.45) is 0 Å². The van der Waals surface area contributed by atoms with E-state index in [1.807, 2.05) is 0 Å². The zero-order valence-electron chi connectivity index (χ0n) is 11.1. The van der Waals surface area contributed by atoms with Gasteiger partial charge in [0.15, 0.2) is 0 Å². The Morgan fingerprint density at radius 2 is 2.06 bits per heavy atom. The Labute approximate surface area is 105 Å². The second-order valence-electron chi connectivity index (χ2n) is 5.16. The van der Waals surface area contributed by atoms with Crippen LogP contribution in [-0.2, 0) is 6.54 Å². The van der Waals surface area contributed by atoms with Gasteiger partial charge in [-0.1, -0.05) is 36.8 Å². The molecule has 1 N–H and O–H groups in total. The first-order valence-electron chi connectivity index (χ1n) is 6.79. The summed E-state index contributed by atoms with van der Waals surface area (Å²) < 4.78 is 0. The number of likely N-dealkylation sites (tertiary alicyclic amines) is 1. The molecule has 1 fully saturated rings. The monoisotopic (exact) mass is 232 g/mol. The number of benzene rings is 1. The zero-order valence-corrected chi connectivity index (χ0v) is 11.1. The lowest BCUT2D eigenvalue weighted by Crippen LogP contribution is -2.32. The summed E-state index contributed by atoms with van der Waals surface area (Å²) in [7, 11) is 0. The topological polar surface area (TPSA) is 15.3 Å². The van der Waals surface area contributed by atoms with Crippen molar-refractivity contribution in [2.45, 2.75) is 39.3 Å². The maximum atomic E-state index is 3.61. The molecule has 2 nitrogen and oxygen atoms in total. The normalized spacial score (nSPS) is 20.9. The average Bonchev–Trinajstić information content (AvgIpc) is 2.77. The molecule has 1 saturated heterocycles. The van der Waals surface area contributed by atoms with Crippen molar-refractivity contribution < 1.29 is 0 Å². The van der Waals surface area contributed by atoms with Gasteiger partial charge in [0.25, 0.3) is 0 Å². The summed E-state index contributed by atoms with van der Waals surface area (Å²) in [4.78, 5) is 2.55. The molecule has 94 valence electrons. The predicted octanol–water partition coefficient (Wildman–Crippen LogP) is 2.57. The fourth-order valence-electron chi connectivity index (χ4n) is 2.44. The molecule has 1 aliphatic rings. The van der Waals surface area contributed by atoms with Crippen molar-refractivity contribution in [1.29, 1.82) is 0 Å². The van der Waals surface area contributed by atoms with Crippen LogP contribution in [0.25, 0.3) is 0 Å². The molecule has 0 aliphatic carbocycles. The Morgan fingerprint density at radius 3 is 2.76 bits per heavy atom. The van der Waals surface area contributed by atoms with Gasteiger partial charge in [0, 0.05) is 25.7 Å². The third-order valence-electron chi connectivity index (χ3n) is 3.48. The van der Waals surface area contributed by atoms with Crippen molar-refractivity contribution in [3.05, 3.63) is 35.4 Å². The molecule has 1 aromatic rings. The summed E-state index contributed by atoms with van der Waals surface area (Å²) in [6, 6.07) is 9.63. The van der Waals surface area contributed by atoms with Gasteiger partial charge >= 0.3 is 0 Å². The van der Waals surface area contributed by atoms with Crippen LogP contribution in [-0.4, -0.2) is 30.6 Å². The molecule has 0 amide bonds. The molecule has 0 saturated carbocycles. The second kappa shape index (κ2) is 6.18. The Kier molecular flexibility index (Phi) is 4.57. The van der Waals surface area contributed by atoms with E-state index >= 15 is 0 Å². The highest BCUT2D eigenvalue weighted by Crippen LogP contribution is 2.14. The van der Waals surface area contributed by atoms with Gasteiger partial charge < -0.3 is 5.32 Å². The van der Waals surface area contributed by atoms with Crippen molar-refractivity contribution in [3.8, 4) is 0 Å². The lowest BCUT2D eigenvalue weighted by atomic mass is 10.1. The Bertz CT molecular complexity index is 331. The molecule has 0 radical (unpaired) electrons. The minimum Gasteiger partial charge on any atom is -0.313 e. The molecular formula is C15H24N2. The molecular weight excluding hydrogens is 208 g/mol. The molecule has 2 heteroatoms.